The van der Waals surface area contributed by atoms with Crippen molar-refractivity contribution in [3.63, 3.8) is 0 Å². The van der Waals surface area contributed by atoms with Crippen LogP contribution in [-0.4, -0.2) is 30.6 Å². The van der Waals surface area contributed by atoms with Crippen molar-refractivity contribution in [1.82, 2.24) is 10.2 Å². The summed E-state index contributed by atoms with van der Waals surface area (Å²) in [7, 11) is 0. The summed E-state index contributed by atoms with van der Waals surface area (Å²) in [6.45, 7) is 4.43. The number of furan rings is 1. The zero-order valence-corrected chi connectivity index (χ0v) is 11.1. The Balaban J connectivity index is 1.39. The molecule has 1 saturated heterocycles. The molecule has 0 radical (unpaired) electrons. The maximum absolute atomic E-state index is 5.32. The quantitative estimate of drug-likeness (QED) is 0.812. The van der Waals surface area contributed by atoms with E-state index in [-0.39, 0.29) is 0 Å². The van der Waals surface area contributed by atoms with Gasteiger partial charge in [-0.3, -0.25) is 4.90 Å². The van der Waals surface area contributed by atoms with Gasteiger partial charge in [0.05, 0.1) is 12.8 Å². The fourth-order valence-corrected chi connectivity index (χ4v) is 3.68. The van der Waals surface area contributed by atoms with E-state index in [1.807, 2.05) is 12.1 Å². The van der Waals surface area contributed by atoms with Gasteiger partial charge in [0, 0.05) is 19.1 Å². The Morgan fingerprint density at radius 1 is 1.28 bits per heavy atom. The molecular weight excluding hydrogens is 224 g/mol. The van der Waals surface area contributed by atoms with Crippen molar-refractivity contribution in [2.75, 3.05) is 19.6 Å². The number of piperidine rings is 1. The zero-order chi connectivity index (χ0) is 12.2. The van der Waals surface area contributed by atoms with Gasteiger partial charge in [0.15, 0.2) is 0 Å². The first-order valence-corrected chi connectivity index (χ1v) is 7.40. The second-order valence-electron chi connectivity index (χ2n) is 5.69. The van der Waals surface area contributed by atoms with E-state index >= 15 is 0 Å². The highest BCUT2D eigenvalue weighted by molar-refractivity contribution is 4.97. The van der Waals surface area contributed by atoms with E-state index in [1.54, 1.807) is 6.26 Å². The number of rotatable bonds is 5. The molecule has 0 spiro atoms. The standard InChI is InChI=1S/C15H24N2O/c1-4-13-5-2-9-17(15(13)7-1)10-8-16-12-14-6-3-11-18-14/h3,6,11,13,15-16H,1-2,4-5,7-10,12H2. The van der Waals surface area contributed by atoms with Crippen LogP contribution in [0.5, 0.6) is 0 Å². The lowest BCUT2D eigenvalue weighted by Crippen LogP contribution is -2.45. The number of likely N-dealkylation sites (tertiary alicyclic amines) is 1. The van der Waals surface area contributed by atoms with Crippen LogP contribution in [0.3, 0.4) is 0 Å². The number of hydrogen-bond donors (Lipinski definition) is 1. The second-order valence-corrected chi connectivity index (χ2v) is 5.69. The number of hydrogen-bond acceptors (Lipinski definition) is 3. The lowest BCUT2D eigenvalue weighted by atomic mass is 9.92. The summed E-state index contributed by atoms with van der Waals surface area (Å²) in [5.74, 6) is 2.04. The number of nitrogens with one attached hydrogen (secondary N) is 1. The van der Waals surface area contributed by atoms with Crippen LogP contribution >= 0.6 is 0 Å². The van der Waals surface area contributed by atoms with Gasteiger partial charge in [-0.15, -0.1) is 0 Å². The van der Waals surface area contributed by atoms with Crippen LogP contribution in [0.15, 0.2) is 22.8 Å². The smallest absolute Gasteiger partial charge is 0.117 e. The SMILES string of the molecule is c1coc(CNCCN2CCCC3CCCC32)c1. The summed E-state index contributed by atoms with van der Waals surface area (Å²) < 4.78 is 5.32. The van der Waals surface area contributed by atoms with Gasteiger partial charge >= 0.3 is 0 Å². The molecule has 2 atom stereocenters. The first-order chi connectivity index (χ1) is 8.93. The first-order valence-electron chi connectivity index (χ1n) is 7.40. The lowest BCUT2D eigenvalue weighted by molar-refractivity contribution is 0.114. The molecule has 3 nitrogen and oxygen atoms in total. The predicted octanol–water partition coefficient (Wildman–Crippen LogP) is 2.63. The van der Waals surface area contributed by atoms with Gasteiger partial charge < -0.3 is 9.73 Å². The Labute approximate surface area is 110 Å². The molecule has 1 N–H and O–H groups in total. The number of nitrogens with zero attached hydrogens (tertiary/aromatic N) is 1. The first kappa shape index (κ1) is 12.2. The summed E-state index contributed by atoms with van der Waals surface area (Å²) in [5, 5.41) is 3.48. The Hall–Kier alpha value is -0.800. The molecule has 1 aromatic rings. The van der Waals surface area contributed by atoms with Crippen molar-refractivity contribution in [2.45, 2.75) is 44.7 Å². The van der Waals surface area contributed by atoms with E-state index in [2.05, 4.69) is 10.2 Å². The fourth-order valence-electron chi connectivity index (χ4n) is 3.68. The average Bonchev–Trinajstić information content (AvgIpc) is 3.05. The molecule has 3 heteroatoms. The molecule has 2 fully saturated rings. The average molecular weight is 248 g/mol. The highest BCUT2D eigenvalue weighted by atomic mass is 16.3. The largest absolute Gasteiger partial charge is 0.468 e. The van der Waals surface area contributed by atoms with E-state index in [9.17, 15) is 0 Å². The van der Waals surface area contributed by atoms with Gasteiger partial charge in [-0.25, -0.2) is 0 Å². The predicted molar refractivity (Wildman–Crippen MR) is 72.4 cm³/mol. The highest BCUT2D eigenvalue weighted by Crippen LogP contribution is 2.36. The summed E-state index contributed by atoms with van der Waals surface area (Å²) in [4.78, 5) is 2.72. The van der Waals surface area contributed by atoms with Gasteiger partial charge in [-0.1, -0.05) is 6.42 Å². The monoisotopic (exact) mass is 248 g/mol. The molecule has 1 aliphatic carbocycles. The van der Waals surface area contributed by atoms with E-state index in [1.165, 1.54) is 45.2 Å². The molecule has 1 saturated carbocycles. The van der Waals surface area contributed by atoms with Gasteiger partial charge in [0.2, 0.25) is 0 Å². The normalized spacial score (nSPS) is 28.4. The lowest BCUT2D eigenvalue weighted by Gasteiger charge is -2.37. The Morgan fingerprint density at radius 3 is 3.11 bits per heavy atom. The van der Waals surface area contributed by atoms with Crippen molar-refractivity contribution >= 4 is 0 Å². The Morgan fingerprint density at radius 2 is 2.22 bits per heavy atom. The summed E-state index contributed by atoms with van der Waals surface area (Å²) in [5.41, 5.74) is 0. The third-order valence-corrected chi connectivity index (χ3v) is 4.56. The molecule has 1 aliphatic heterocycles. The summed E-state index contributed by atoms with van der Waals surface area (Å²) in [6.07, 6.45) is 8.97. The minimum absolute atomic E-state index is 0.856. The Bertz CT molecular complexity index is 349. The maximum atomic E-state index is 5.32. The van der Waals surface area contributed by atoms with E-state index < -0.39 is 0 Å². The molecule has 0 aromatic carbocycles. The van der Waals surface area contributed by atoms with E-state index in [4.69, 9.17) is 4.42 Å². The molecule has 0 bridgehead atoms. The molecule has 18 heavy (non-hydrogen) atoms. The molecule has 1 aromatic heterocycles. The maximum Gasteiger partial charge on any atom is 0.117 e. The molecule has 2 aliphatic rings. The fraction of sp³-hybridized carbons (Fsp3) is 0.733. The zero-order valence-electron chi connectivity index (χ0n) is 11.1. The van der Waals surface area contributed by atoms with Crippen molar-refractivity contribution in [1.29, 1.82) is 0 Å². The summed E-state index contributed by atoms with van der Waals surface area (Å²) in [6, 6.07) is 4.87. The second kappa shape index (κ2) is 5.89. The van der Waals surface area contributed by atoms with E-state index in [0.29, 0.717) is 0 Å². The van der Waals surface area contributed by atoms with Crippen LogP contribution in [0.2, 0.25) is 0 Å². The molecule has 2 heterocycles. The van der Waals surface area contributed by atoms with Gasteiger partial charge in [0.1, 0.15) is 5.76 Å². The summed E-state index contributed by atoms with van der Waals surface area (Å²) >= 11 is 0. The molecular formula is C15H24N2O. The topological polar surface area (TPSA) is 28.4 Å². The number of fused-ring (bicyclic) bond motifs is 1. The van der Waals surface area contributed by atoms with Crippen molar-refractivity contribution in [3.8, 4) is 0 Å². The van der Waals surface area contributed by atoms with Crippen LogP contribution in [0, 0.1) is 5.92 Å². The van der Waals surface area contributed by atoms with Crippen LogP contribution in [-0.2, 0) is 6.54 Å². The van der Waals surface area contributed by atoms with Crippen molar-refractivity contribution in [3.05, 3.63) is 24.2 Å². The van der Waals surface area contributed by atoms with Gasteiger partial charge in [0.25, 0.3) is 0 Å². The van der Waals surface area contributed by atoms with Crippen LogP contribution in [0.1, 0.15) is 37.9 Å². The van der Waals surface area contributed by atoms with E-state index in [0.717, 1.165) is 30.8 Å². The molecule has 2 unspecified atom stereocenters. The molecule has 100 valence electrons. The van der Waals surface area contributed by atoms with Crippen LogP contribution in [0.25, 0.3) is 0 Å². The third kappa shape index (κ3) is 2.78. The van der Waals surface area contributed by atoms with Gasteiger partial charge in [-0.05, 0) is 50.3 Å². The minimum Gasteiger partial charge on any atom is -0.468 e. The van der Waals surface area contributed by atoms with Crippen molar-refractivity contribution < 1.29 is 4.42 Å². The molecule has 0 amide bonds. The van der Waals surface area contributed by atoms with Gasteiger partial charge in [-0.2, -0.15) is 0 Å². The van der Waals surface area contributed by atoms with Crippen molar-refractivity contribution in [2.24, 2.45) is 5.92 Å². The third-order valence-electron chi connectivity index (χ3n) is 4.56. The minimum atomic E-state index is 0.856. The molecule has 3 rings (SSSR count). The van der Waals surface area contributed by atoms with Crippen LogP contribution < -0.4 is 5.32 Å². The highest BCUT2D eigenvalue weighted by Gasteiger charge is 2.34. The Kier molecular flexibility index (Phi) is 4.01. The van der Waals surface area contributed by atoms with Crippen LogP contribution in [0.4, 0.5) is 0 Å².